The molecule has 4 nitrogen and oxygen atoms in total. The summed E-state index contributed by atoms with van der Waals surface area (Å²) in [6.07, 6.45) is 0. The zero-order chi connectivity index (χ0) is 22.7. The molecule has 166 valence electrons. The van der Waals surface area contributed by atoms with Gasteiger partial charge in [0, 0.05) is 43.0 Å². The van der Waals surface area contributed by atoms with Crippen LogP contribution in [-0.2, 0) is 0 Å². The van der Waals surface area contributed by atoms with Crippen molar-refractivity contribution in [1.29, 1.82) is 0 Å². The quantitative estimate of drug-likeness (QED) is 0.615. The van der Waals surface area contributed by atoms with Crippen molar-refractivity contribution < 1.29 is 9.18 Å². The standard InChI is InChI=1S/C27H30FN3O/c1-19-9-11-23(31-15-13-30(3)14-16-31)18-24(19)27(32)29-20(2)22-10-12-26(28)25(17-22)21-7-5-4-6-8-21/h4-12,17-18,20H,13-16H2,1-3H3,(H,29,32)/t20-/m1/s1. The van der Waals surface area contributed by atoms with E-state index in [0.717, 1.165) is 48.6 Å². The predicted octanol–water partition coefficient (Wildman–Crippen LogP) is 5.04. The molecular formula is C27H30FN3O. The average molecular weight is 432 g/mol. The smallest absolute Gasteiger partial charge is 0.252 e. The number of nitrogens with zero attached hydrogens (tertiary/aromatic N) is 2. The number of carbonyl (C=O) groups excluding carboxylic acids is 1. The van der Waals surface area contributed by atoms with Crippen LogP contribution in [0.25, 0.3) is 11.1 Å². The highest BCUT2D eigenvalue weighted by Gasteiger charge is 2.19. The first-order chi connectivity index (χ1) is 15.4. The second kappa shape index (κ2) is 9.53. The highest BCUT2D eigenvalue weighted by molar-refractivity contribution is 5.97. The molecule has 0 unspecified atom stereocenters. The van der Waals surface area contributed by atoms with Gasteiger partial charge in [-0.2, -0.15) is 0 Å². The number of rotatable bonds is 5. The van der Waals surface area contributed by atoms with E-state index < -0.39 is 0 Å². The SMILES string of the molecule is Cc1ccc(N2CCN(C)CC2)cc1C(=O)N[C@H](C)c1ccc(F)c(-c2ccccc2)c1. The lowest BCUT2D eigenvalue weighted by molar-refractivity contribution is 0.0939. The molecule has 0 aliphatic carbocycles. The topological polar surface area (TPSA) is 35.6 Å². The molecule has 4 rings (SSSR count). The van der Waals surface area contributed by atoms with Gasteiger partial charge in [0.2, 0.25) is 0 Å². The molecule has 0 saturated carbocycles. The van der Waals surface area contributed by atoms with Crippen LogP contribution >= 0.6 is 0 Å². The number of anilines is 1. The number of likely N-dealkylation sites (N-methyl/N-ethyl adjacent to an activating group) is 1. The van der Waals surface area contributed by atoms with Gasteiger partial charge in [0.05, 0.1) is 6.04 Å². The van der Waals surface area contributed by atoms with Crippen LogP contribution in [0.2, 0.25) is 0 Å². The molecule has 1 atom stereocenters. The molecule has 1 N–H and O–H groups in total. The van der Waals surface area contributed by atoms with Gasteiger partial charge < -0.3 is 15.1 Å². The average Bonchev–Trinajstić information content (AvgIpc) is 2.80. The molecule has 0 bridgehead atoms. The second-order valence-electron chi connectivity index (χ2n) is 8.59. The molecule has 1 amide bonds. The van der Waals surface area contributed by atoms with E-state index in [4.69, 9.17) is 0 Å². The molecule has 1 aliphatic heterocycles. The summed E-state index contributed by atoms with van der Waals surface area (Å²) in [5.74, 6) is -0.384. The number of hydrogen-bond donors (Lipinski definition) is 1. The van der Waals surface area contributed by atoms with E-state index in [0.29, 0.717) is 11.1 Å². The largest absolute Gasteiger partial charge is 0.369 e. The first-order valence-electron chi connectivity index (χ1n) is 11.1. The van der Waals surface area contributed by atoms with E-state index in [1.165, 1.54) is 6.07 Å². The Labute approximate surface area is 189 Å². The van der Waals surface area contributed by atoms with Crippen molar-refractivity contribution in [2.24, 2.45) is 0 Å². The van der Waals surface area contributed by atoms with Gasteiger partial charge in [-0.15, -0.1) is 0 Å². The first-order valence-corrected chi connectivity index (χ1v) is 11.1. The molecule has 0 spiro atoms. The van der Waals surface area contributed by atoms with E-state index in [9.17, 15) is 9.18 Å². The van der Waals surface area contributed by atoms with Gasteiger partial charge >= 0.3 is 0 Å². The zero-order valence-electron chi connectivity index (χ0n) is 18.9. The molecule has 3 aromatic carbocycles. The lowest BCUT2D eigenvalue weighted by Crippen LogP contribution is -2.44. The molecule has 1 heterocycles. The van der Waals surface area contributed by atoms with E-state index >= 15 is 0 Å². The highest BCUT2D eigenvalue weighted by Crippen LogP contribution is 2.27. The fourth-order valence-corrected chi connectivity index (χ4v) is 4.12. The van der Waals surface area contributed by atoms with E-state index in [2.05, 4.69) is 28.2 Å². The number of carbonyl (C=O) groups is 1. The normalized spacial score (nSPS) is 15.4. The van der Waals surface area contributed by atoms with Crippen molar-refractivity contribution in [3.63, 3.8) is 0 Å². The third kappa shape index (κ3) is 4.83. The maximum atomic E-state index is 14.4. The van der Waals surface area contributed by atoms with Crippen LogP contribution in [0.5, 0.6) is 0 Å². The van der Waals surface area contributed by atoms with Crippen LogP contribution in [0.3, 0.4) is 0 Å². The summed E-state index contributed by atoms with van der Waals surface area (Å²) in [5.41, 5.74) is 4.93. The molecule has 1 aliphatic rings. The van der Waals surface area contributed by atoms with Crippen LogP contribution in [0, 0.1) is 12.7 Å². The molecule has 0 radical (unpaired) electrons. The second-order valence-corrected chi connectivity index (χ2v) is 8.59. The Bertz CT molecular complexity index is 1090. The van der Waals surface area contributed by atoms with Crippen LogP contribution in [0.4, 0.5) is 10.1 Å². The minimum absolute atomic E-state index is 0.114. The summed E-state index contributed by atoms with van der Waals surface area (Å²) >= 11 is 0. The van der Waals surface area contributed by atoms with Gasteiger partial charge in [0.25, 0.3) is 5.91 Å². The fraction of sp³-hybridized carbons (Fsp3) is 0.296. The summed E-state index contributed by atoms with van der Waals surface area (Å²) in [4.78, 5) is 17.8. The summed E-state index contributed by atoms with van der Waals surface area (Å²) in [5, 5.41) is 3.10. The number of aryl methyl sites for hydroxylation is 1. The first kappa shape index (κ1) is 22.0. The Hall–Kier alpha value is -3.18. The van der Waals surface area contributed by atoms with Gasteiger partial charge in [-0.3, -0.25) is 4.79 Å². The molecule has 1 saturated heterocycles. The fourth-order valence-electron chi connectivity index (χ4n) is 4.12. The number of benzene rings is 3. The zero-order valence-corrected chi connectivity index (χ0v) is 18.9. The van der Waals surface area contributed by atoms with Crippen molar-refractivity contribution in [2.75, 3.05) is 38.1 Å². The van der Waals surface area contributed by atoms with Crippen LogP contribution in [-0.4, -0.2) is 44.0 Å². The van der Waals surface area contributed by atoms with Crippen molar-refractivity contribution in [3.05, 3.63) is 89.2 Å². The molecular weight excluding hydrogens is 401 g/mol. The Morgan fingerprint density at radius 3 is 2.41 bits per heavy atom. The number of piperazine rings is 1. The third-order valence-corrected chi connectivity index (χ3v) is 6.26. The van der Waals surface area contributed by atoms with Gasteiger partial charge in [0.15, 0.2) is 0 Å². The number of halogens is 1. The van der Waals surface area contributed by atoms with Crippen molar-refractivity contribution >= 4 is 11.6 Å². The molecule has 32 heavy (non-hydrogen) atoms. The Kier molecular flexibility index (Phi) is 6.56. The van der Waals surface area contributed by atoms with Crippen molar-refractivity contribution in [1.82, 2.24) is 10.2 Å². The Balaban J connectivity index is 1.52. The van der Waals surface area contributed by atoms with Gasteiger partial charge in [-0.25, -0.2) is 4.39 Å². The van der Waals surface area contributed by atoms with Gasteiger partial charge in [-0.1, -0.05) is 42.5 Å². The molecule has 1 fully saturated rings. The minimum Gasteiger partial charge on any atom is -0.369 e. The van der Waals surface area contributed by atoms with Crippen LogP contribution in [0.1, 0.15) is 34.5 Å². The van der Waals surface area contributed by atoms with E-state index in [1.807, 2.05) is 62.4 Å². The monoisotopic (exact) mass is 431 g/mol. The maximum absolute atomic E-state index is 14.4. The minimum atomic E-state index is -0.269. The lowest BCUT2D eigenvalue weighted by atomic mass is 9.99. The van der Waals surface area contributed by atoms with Gasteiger partial charge in [0.1, 0.15) is 5.82 Å². The third-order valence-electron chi connectivity index (χ3n) is 6.26. The summed E-state index contributed by atoms with van der Waals surface area (Å²) in [6.45, 7) is 7.82. The summed E-state index contributed by atoms with van der Waals surface area (Å²) in [6, 6.07) is 20.3. The van der Waals surface area contributed by atoms with Crippen molar-refractivity contribution in [2.45, 2.75) is 19.9 Å². The lowest BCUT2D eigenvalue weighted by Gasteiger charge is -2.34. The summed E-state index contributed by atoms with van der Waals surface area (Å²) < 4.78 is 14.4. The van der Waals surface area contributed by atoms with Crippen molar-refractivity contribution in [3.8, 4) is 11.1 Å². The number of hydrogen-bond acceptors (Lipinski definition) is 3. The van der Waals surface area contributed by atoms with Gasteiger partial charge in [-0.05, 0) is 61.9 Å². The van der Waals surface area contributed by atoms with E-state index in [-0.39, 0.29) is 17.8 Å². The number of nitrogens with one attached hydrogen (secondary N) is 1. The maximum Gasteiger partial charge on any atom is 0.252 e. The number of amides is 1. The summed E-state index contributed by atoms with van der Waals surface area (Å²) in [7, 11) is 2.13. The molecule has 5 heteroatoms. The van der Waals surface area contributed by atoms with Crippen LogP contribution in [0.15, 0.2) is 66.7 Å². The van der Waals surface area contributed by atoms with E-state index in [1.54, 1.807) is 6.07 Å². The predicted molar refractivity (Wildman–Crippen MR) is 129 cm³/mol. The Morgan fingerprint density at radius 1 is 0.969 bits per heavy atom. The Morgan fingerprint density at radius 2 is 1.69 bits per heavy atom. The molecule has 3 aromatic rings. The molecule has 0 aromatic heterocycles. The van der Waals surface area contributed by atoms with Crippen LogP contribution < -0.4 is 10.2 Å². The highest BCUT2D eigenvalue weighted by atomic mass is 19.1.